The van der Waals surface area contributed by atoms with Crippen LogP contribution in [0.15, 0.2) is 12.2 Å². The molecule has 3 fully saturated rings. The fourth-order valence-electron chi connectivity index (χ4n) is 7.62. The van der Waals surface area contributed by atoms with E-state index in [9.17, 15) is 0 Å². The largest absolute Gasteiger partial charge is 0.381 e. The Morgan fingerprint density at radius 2 is 1.71 bits per heavy atom. The summed E-state index contributed by atoms with van der Waals surface area (Å²) in [6.45, 7) is 7.47. The number of rotatable bonds is 2. The highest BCUT2D eigenvalue weighted by molar-refractivity contribution is 5.18. The maximum absolute atomic E-state index is 6.29. The second-order valence-electron chi connectivity index (χ2n) is 9.99. The van der Waals surface area contributed by atoms with Crippen LogP contribution in [0.5, 0.6) is 0 Å². The van der Waals surface area contributed by atoms with Crippen molar-refractivity contribution in [1.29, 1.82) is 0 Å². The zero-order valence-corrected chi connectivity index (χ0v) is 16.1. The lowest BCUT2D eigenvalue weighted by Gasteiger charge is -2.59. The summed E-state index contributed by atoms with van der Waals surface area (Å²) in [7, 11) is 1.89. The Bertz CT molecular complexity index is 516. The fourth-order valence-corrected chi connectivity index (χ4v) is 7.62. The zero-order valence-electron chi connectivity index (χ0n) is 16.1. The molecule has 0 heterocycles. The molecule has 2 heteroatoms. The highest BCUT2D eigenvalue weighted by Crippen LogP contribution is 2.66. The minimum atomic E-state index is 0.403. The van der Waals surface area contributed by atoms with Gasteiger partial charge in [0.05, 0.1) is 6.10 Å². The highest BCUT2D eigenvalue weighted by atomic mass is 16.5. The molecule has 4 aliphatic carbocycles. The normalized spacial score (nSPS) is 54.7. The Morgan fingerprint density at radius 3 is 2.46 bits per heavy atom. The molecule has 24 heavy (non-hydrogen) atoms. The molecule has 0 aromatic heterocycles. The fraction of sp³-hybridized carbons (Fsp3) is 0.909. The van der Waals surface area contributed by atoms with E-state index in [2.05, 4.69) is 32.9 Å². The summed E-state index contributed by atoms with van der Waals surface area (Å²) in [6, 6.07) is 0.427. The van der Waals surface area contributed by atoms with Crippen LogP contribution in [0.1, 0.15) is 65.7 Å². The average molecular weight is 332 g/mol. The van der Waals surface area contributed by atoms with Crippen molar-refractivity contribution in [2.24, 2.45) is 46.2 Å². The van der Waals surface area contributed by atoms with Gasteiger partial charge in [0.15, 0.2) is 0 Å². The van der Waals surface area contributed by atoms with Crippen LogP contribution in [0, 0.1) is 40.4 Å². The van der Waals surface area contributed by atoms with Gasteiger partial charge in [0.25, 0.3) is 0 Å². The van der Waals surface area contributed by atoms with Crippen molar-refractivity contribution in [3.8, 4) is 0 Å². The lowest BCUT2D eigenvalue weighted by molar-refractivity contribution is -0.0796. The van der Waals surface area contributed by atoms with Crippen molar-refractivity contribution in [1.82, 2.24) is 0 Å². The van der Waals surface area contributed by atoms with Crippen molar-refractivity contribution in [2.75, 3.05) is 7.11 Å². The van der Waals surface area contributed by atoms with Gasteiger partial charge in [-0.15, -0.1) is 0 Å². The molecule has 2 N–H and O–H groups in total. The lowest BCUT2D eigenvalue weighted by Crippen LogP contribution is -2.53. The third-order valence-corrected chi connectivity index (χ3v) is 9.21. The Labute approximate surface area is 148 Å². The molecule has 4 rings (SSSR count). The molecule has 0 aliphatic heterocycles. The molecule has 0 amide bonds. The van der Waals surface area contributed by atoms with Gasteiger partial charge in [-0.25, -0.2) is 0 Å². The van der Waals surface area contributed by atoms with Crippen molar-refractivity contribution in [3.63, 3.8) is 0 Å². The lowest BCUT2D eigenvalue weighted by atomic mass is 9.46. The molecule has 2 nitrogen and oxygen atoms in total. The van der Waals surface area contributed by atoms with Crippen LogP contribution in [0.4, 0.5) is 0 Å². The minimum absolute atomic E-state index is 0.403. The van der Waals surface area contributed by atoms with Crippen LogP contribution < -0.4 is 5.73 Å². The molecule has 136 valence electrons. The van der Waals surface area contributed by atoms with Crippen LogP contribution >= 0.6 is 0 Å². The molecule has 9 atom stereocenters. The first kappa shape index (κ1) is 17.1. The van der Waals surface area contributed by atoms with Crippen molar-refractivity contribution < 1.29 is 4.74 Å². The Morgan fingerprint density at radius 1 is 1.00 bits per heavy atom. The van der Waals surface area contributed by atoms with Crippen molar-refractivity contribution >= 4 is 0 Å². The molecule has 3 saturated carbocycles. The number of hydrogen-bond acceptors (Lipinski definition) is 2. The molecule has 0 saturated heterocycles. The summed E-state index contributed by atoms with van der Waals surface area (Å²) in [5.41, 5.74) is 7.28. The smallest absolute Gasteiger partial charge is 0.0576 e. The summed E-state index contributed by atoms with van der Waals surface area (Å²) in [5, 5.41) is 0. The van der Waals surface area contributed by atoms with Gasteiger partial charge in [0, 0.05) is 13.2 Å². The van der Waals surface area contributed by atoms with Crippen molar-refractivity contribution in [2.45, 2.75) is 77.9 Å². The van der Waals surface area contributed by atoms with E-state index in [-0.39, 0.29) is 0 Å². The quantitative estimate of drug-likeness (QED) is 0.739. The zero-order chi connectivity index (χ0) is 17.1. The first-order valence-electron chi connectivity index (χ1n) is 10.4. The molecule has 0 spiro atoms. The standard InChI is InChI=1S/C22H37NO/c1-14(24-4)18-7-8-19-17-6-5-15-13-16(23)9-11-21(15,2)20(17)10-12-22(18,19)3/h5-6,14-20H,7-13,23H2,1-4H3. The van der Waals surface area contributed by atoms with Gasteiger partial charge in [0.2, 0.25) is 0 Å². The minimum Gasteiger partial charge on any atom is -0.381 e. The van der Waals surface area contributed by atoms with Gasteiger partial charge in [-0.1, -0.05) is 26.0 Å². The van der Waals surface area contributed by atoms with Gasteiger partial charge < -0.3 is 10.5 Å². The molecule has 0 aromatic carbocycles. The molecule has 0 radical (unpaired) electrons. The van der Waals surface area contributed by atoms with Crippen LogP contribution in [0.2, 0.25) is 0 Å². The Hall–Kier alpha value is -0.340. The summed E-state index contributed by atoms with van der Waals surface area (Å²) < 4.78 is 5.77. The molecule has 9 unspecified atom stereocenters. The van der Waals surface area contributed by atoms with E-state index in [0.29, 0.717) is 23.0 Å². The molecular weight excluding hydrogens is 294 g/mol. The van der Waals surface area contributed by atoms with E-state index in [4.69, 9.17) is 10.5 Å². The maximum Gasteiger partial charge on any atom is 0.0576 e. The van der Waals surface area contributed by atoms with Gasteiger partial charge in [-0.05, 0) is 92.3 Å². The summed E-state index contributed by atoms with van der Waals surface area (Å²) in [4.78, 5) is 0. The van der Waals surface area contributed by atoms with E-state index in [1.807, 2.05) is 7.11 Å². The SMILES string of the molecule is COC(C)C1CCC2C3C=CC4CC(N)CCC4(C)C3CCC12C. The van der Waals surface area contributed by atoms with Crippen LogP contribution in [-0.4, -0.2) is 19.3 Å². The van der Waals surface area contributed by atoms with Gasteiger partial charge in [-0.2, -0.15) is 0 Å². The van der Waals surface area contributed by atoms with Gasteiger partial charge >= 0.3 is 0 Å². The topological polar surface area (TPSA) is 35.2 Å². The average Bonchev–Trinajstić information content (AvgIpc) is 2.92. The van der Waals surface area contributed by atoms with E-state index >= 15 is 0 Å². The number of hydrogen-bond donors (Lipinski definition) is 1. The van der Waals surface area contributed by atoms with E-state index in [0.717, 1.165) is 29.6 Å². The van der Waals surface area contributed by atoms with Crippen LogP contribution in [0.25, 0.3) is 0 Å². The van der Waals surface area contributed by atoms with Crippen LogP contribution in [0.3, 0.4) is 0 Å². The molecule has 0 aromatic rings. The van der Waals surface area contributed by atoms with Gasteiger partial charge in [-0.3, -0.25) is 0 Å². The van der Waals surface area contributed by atoms with Crippen LogP contribution in [-0.2, 0) is 4.74 Å². The van der Waals surface area contributed by atoms with E-state index < -0.39 is 0 Å². The Balaban J connectivity index is 1.63. The molecule has 0 bridgehead atoms. The number of nitrogens with two attached hydrogens (primary N) is 1. The van der Waals surface area contributed by atoms with Gasteiger partial charge in [0.1, 0.15) is 0 Å². The Kier molecular flexibility index (Phi) is 4.16. The summed E-state index contributed by atoms with van der Waals surface area (Å²) >= 11 is 0. The first-order chi connectivity index (χ1) is 11.4. The second-order valence-corrected chi connectivity index (χ2v) is 9.99. The number of fused-ring (bicyclic) bond motifs is 5. The highest BCUT2D eigenvalue weighted by Gasteiger charge is 2.59. The van der Waals surface area contributed by atoms with Crippen molar-refractivity contribution in [3.05, 3.63) is 12.2 Å². The molecule has 4 aliphatic rings. The number of methoxy groups -OCH3 is 1. The first-order valence-corrected chi connectivity index (χ1v) is 10.4. The summed E-state index contributed by atoms with van der Waals surface area (Å²) in [5.74, 6) is 4.01. The maximum atomic E-state index is 6.29. The predicted molar refractivity (Wildman–Crippen MR) is 99.6 cm³/mol. The third-order valence-electron chi connectivity index (χ3n) is 9.21. The van der Waals surface area contributed by atoms with E-state index in [1.165, 1.54) is 44.9 Å². The number of allylic oxidation sites excluding steroid dienone is 2. The van der Waals surface area contributed by atoms with E-state index in [1.54, 1.807) is 0 Å². The summed E-state index contributed by atoms with van der Waals surface area (Å²) in [6.07, 6.45) is 15.0. The number of ether oxygens (including phenoxy) is 1. The second kappa shape index (κ2) is 5.84. The third kappa shape index (κ3) is 2.28. The monoisotopic (exact) mass is 331 g/mol. The predicted octanol–water partition coefficient (Wildman–Crippen LogP) is 4.78. The molecular formula is C22H37NO.